The van der Waals surface area contributed by atoms with Crippen molar-refractivity contribution in [2.75, 3.05) is 13.1 Å². The highest BCUT2D eigenvalue weighted by Gasteiger charge is 2.22. The number of hydrogen-bond acceptors (Lipinski definition) is 6. The number of nitrogens with zero attached hydrogens (tertiary/aromatic N) is 2. The van der Waals surface area contributed by atoms with E-state index in [0.717, 1.165) is 5.56 Å². The highest BCUT2D eigenvalue weighted by atomic mass is 32.2. The lowest BCUT2D eigenvalue weighted by molar-refractivity contribution is -0.121. The van der Waals surface area contributed by atoms with Crippen LogP contribution in [0.25, 0.3) is 11.3 Å². The number of amides is 2. The fraction of sp³-hybridized carbons (Fsp3) is 0.292. The Hall–Kier alpha value is -3.50. The summed E-state index contributed by atoms with van der Waals surface area (Å²) in [4.78, 5) is 28.8. The summed E-state index contributed by atoms with van der Waals surface area (Å²) in [5.74, 6) is 0.208. The number of rotatable bonds is 10. The minimum atomic E-state index is -3.69. The highest BCUT2D eigenvalue weighted by molar-refractivity contribution is 7.89. The van der Waals surface area contributed by atoms with E-state index in [9.17, 15) is 18.0 Å². The molecule has 0 bridgehead atoms. The molecule has 9 nitrogen and oxygen atoms in total. The van der Waals surface area contributed by atoms with E-state index in [1.54, 1.807) is 20.0 Å². The second-order valence-corrected chi connectivity index (χ2v) is 9.40. The van der Waals surface area contributed by atoms with Crippen molar-refractivity contribution in [2.24, 2.45) is 0 Å². The maximum Gasteiger partial charge on any atom is 0.269 e. The fourth-order valence-corrected chi connectivity index (χ4v) is 4.84. The molecule has 0 saturated heterocycles. The normalized spacial score (nSPS) is 11.4. The molecule has 0 radical (unpaired) electrons. The first kappa shape index (κ1) is 25.1. The highest BCUT2D eigenvalue weighted by Crippen LogP contribution is 2.20. The molecule has 2 N–H and O–H groups in total. The second-order valence-electron chi connectivity index (χ2n) is 7.46. The molecule has 3 rings (SSSR count). The molecule has 1 heterocycles. The largest absolute Gasteiger partial charge is 0.441 e. The van der Waals surface area contributed by atoms with Crippen LogP contribution in [-0.4, -0.2) is 42.6 Å². The van der Waals surface area contributed by atoms with Crippen LogP contribution in [0.4, 0.5) is 0 Å². The van der Waals surface area contributed by atoms with Crippen LogP contribution >= 0.6 is 0 Å². The van der Waals surface area contributed by atoms with Gasteiger partial charge in [0, 0.05) is 37.1 Å². The minimum Gasteiger partial charge on any atom is -0.441 e. The van der Waals surface area contributed by atoms with Crippen molar-refractivity contribution < 1.29 is 22.4 Å². The van der Waals surface area contributed by atoms with Crippen LogP contribution in [0.3, 0.4) is 0 Å². The topological polar surface area (TPSA) is 122 Å². The molecule has 1 aromatic heterocycles. The van der Waals surface area contributed by atoms with Gasteiger partial charge in [0.2, 0.25) is 15.9 Å². The van der Waals surface area contributed by atoms with Gasteiger partial charge in [-0.25, -0.2) is 13.4 Å². The third kappa shape index (κ3) is 6.30. The van der Waals surface area contributed by atoms with E-state index in [1.165, 1.54) is 28.6 Å². The Morgan fingerprint density at radius 3 is 2.44 bits per heavy atom. The molecule has 0 saturated carbocycles. The van der Waals surface area contributed by atoms with Gasteiger partial charge in [-0.3, -0.25) is 20.4 Å². The molecule has 34 heavy (non-hydrogen) atoms. The van der Waals surface area contributed by atoms with Crippen molar-refractivity contribution in [3.63, 3.8) is 0 Å². The minimum absolute atomic E-state index is 0.0241. The Morgan fingerprint density at radius 1 is 1.00 bits per heavy atom. The van der Waals surface area contributed by atoms with Gasteiger partial charge in [0.25, 0.3) is 5.91 Å². The van der Waals surface area contributed by atoms with Gasteiger partial charge in [-0.1, -0.05) is 50.2 Å². The van der Waals surface area contributed by atoms with E-state index < -0.39 is 15.9 Å². The predicted octanol–water partition coefficient (Wildman–Crippen LogP) is 3.16. The number of oxazole rings is 1. The van der Waals surface area contributed by atoms with Gasteiger partial charge >= 0.3 is 0 Å². The molecule has 0 unspecified atom stereocenters. The Bertz CT molecular complexity index is 1220. The van der Waals surface area contributed by atoms with Crippen LogP contribution in [-0.2, 0) is 21.2 Å². The standard InChI is InChI=1S/C24H28N4O5S/c1-3-28(4-2)34(31,32)20-13-8-12-19(16-20)24(30)27-26-22(29)14-9-15-23-25-17-21(33-23)18-10-6-5-7-11-18/h5-8,10-13,16-17H,3-4,9,14-15H2,1-2H3,(H,26,29)(H,27,30). The van der Waals surface area contributed by atoms with Crippen LogP contribution in [0, 0.1) is 0 Å². The maximum absolute atomic E-state index is 12.7. The summed E-state index contributed by atoms with van der Waals surface area (Å²) in [5, 5.41) is 0. The van der Waals surface area contributed by atoms with E-state index in [-0.39, 0.29) is 22.8 Å². The summed E-state index contributed by atoms with van der Waals surface area (Å²) >= 11 is 0. The Labute approximate surface area is 199 Å². The summed E-state index contributed by atoms with van der Waals surface area (Å²) in [5.41, 5.74) is 5.73. The lowest BCUT2D eigenvalue weighted by Gasteiger charge is -2.18. The first-order chi connectivity index (χ1) is 16.3. The number of nitrogens with one attached hydrogen (secondary N) is 2. The summed E-state index contributed by atoms with van der Waals surface area (Å²) < 4.78 is 32.4. The van der Waals surface area contributed by atoms with E-state index in [4.69, 9.17) is 4.42 Å². The average molecular weight is 485 g/mol. The quantitative estimate of drug-likeness (QED) is 0.426. The van der Waals surface area contributed by atoms with Gasteiger partial charge in [0.1, 0.15) is 0 Å². The number of carbonyl (C=O) groups excluding carboxylic acids is 2. The van der Waals surface area contributed by atoms with Gasteiger partial charge in [-0.15, -0.1) is 0 Å². The van der Waals surface area contributed by atoms with Crippen molar-refractivity contribution in [2.45, 2.75) is 38.0 Å². The number of benzene rings is 2. The van der Waals surface area contributed by atoms with Crippen molar-refractivity contribution >= 4 is 21.8 Å². The third-order valence-electron chi connectivity index (χ3n) is 5.16. The van der Waals surface area contributed by atoms with Crippen LogP contribution in [0.5, 0.6) is 0 Å². The molecule has 0 atom stereocenters. The maximum atomic E-state index is 12.7. The summed E-state index contributed by atoms with van der Waals surface area (Å²) in [6.07, 6.45) is 2.76. The Balaban J connectivity index is 1.48. The van der Waals surface area contributed by atoms with Crippen LogP contribution in [0.2, 0.25) is 0 Å². The SMILES string of the molecule is CCN(CC)S(=O)(=O)c1cccc(C(=O)NNC(=O)CCCc2ncc(-c3ccccc3)o2)c1. The van der Waals surface area contributed by atoms with Crippen molar-refractivity contribution in [1.82, 2.24) is 20.1 Å². The summed E-state index contributed by atoms with van der Waals surface area (Å²) in [6.45, 7) is 4.15. The molecule has 0 aliphatic carbocycles. The van der Waals surface area contributed by atoms with E-state index >= 15 is 0 Å². The Morgan fingerprint density at radius 2 is 1.74 bits per heavy atom. The number of carbonyl (C=O) groups is 2. The average Bonchev–Trinajstić information content (AvgIpc) is 3.33. The smallest absolute Gasteiger partial charge is 0.269 e. The zero-order valence-electron chi connectivity index (χ0n) is 19.2. The summed E-state index contributed by atoms with van der Waals surface area (Å²) in [6, 6.07) is 15.3. The van der Waals surface area contributed by atoms with Crippen molar-refractivity contribution in [3.8, 4) is 11.3 Å². The van der Waals surface area contributed by atoms with Crippen LogP contribution in [0.1, 0.15) is 42.9 Å². The predicted molar refractivity (Wildman–Crippen MR) is 127 cm³/mol. The van der Waals surface area contributed by atoms with Gasteiger partial charge in [-0.05, 0) is 24.6 Å². The van der Waals surface area contributed by atoms with Gasteiger partial charge in [0.05, 0.1) is 11.1 Å². The van der Waals surface area contributed by atoms with Gasteiger partial charge < -0.3 is 4.42 Å². The lowest BCUT2D eigenvalue weighted by atomic mass is 10.2. The molecule has 3 aromatic rings. The number of aromatic nitrogens is 1. The summed E-state index contributed by atoms with van der Waals surface area (Å²) in [7, 11) is -3.69. The molecular weight excluding hydrogens is 456 g/mol. The van der Waals surface area contributed by atoms with E-state index in [0.29, 0.717) is 37.6 Å². The fourth-order valence-electron chi connectivity index (χ4n) is 3.33. The molecule has 180 valence electrons. The van der Waals surface area contributed by atoms with Gasteiger partial charge in [-0.2, -0.15) is 4.31 Å². The molecular formula is C24H28N4O5S. The molecule has 0 aliphatic heterocycles. The Kier molecular flexibility index (Phi) is 8.55. The lowest BCUT2D eigenvalue weighted by Crippen LogP contribution is -2.41. The van der Waals surface area contributed by atoms with E-state index in [2.05, 4.69) is 15.8 Å². The first-order valence-corrected chi connectivity index (χ1v) is 12.5. The van der Waals surface area contributed by atoms with E-state index in [1.807, 2.05) is 30.3 Å². The van der Waals surface area contributed by atoms with Crippen molar-refractivity contribution in [3.05, 3.63) is 72.2 Å². The molecule has 0 aliphatic rings. The molecule has 2 amide bonds. The third-order valence-corrected chi connectivity index (χ3v) is 7.21. The van der Waals surface area contributed by atoms with Crippen LogP contribution in [0.15, 0.2) is 70.1 Å². The molecule has 0 spiro atoms. The first-order valence-electron chi connectivity index (χ1n) is 11.0. The van der Waals surface area contributed by atoms with Crippen molar-refractivity contribution in [1.29, 1.82) is 0 Å². The number of hydrogen-bond donors (Lipinski definition) is 2. The van der Waals surface area contributed by atoms with Gasteiger partial charge in [0.15, 0.2) is 11.7 Å². The number of hydrazine groups is 1. The molecule has 0 fully saturated rings. The molecule has 2 aromatic carbocycles. The number of sulfonamides is 1. The molecule has 10 heteroatoms. The zero-order valence-corrected chi connectivity index (χ0v) is 20.0. The zero-order chi connectivity index (χ0) is 24.6. The monoisotopic (exact) mass is 484 g/mol. The second kappa shape index (κ2) is 11.6. The van der Waals surface area contributed by atoms with Crippen LogP contribution < -0.4 is 10.9 Å². The number of aryl methyl sites for hydroxylation is 1.